The van der Waals surface area contributed by atoms with E-state index < -0.39 is 0 Å². The highest BCUT2D eigenvalue weighted by atomic mass is 35.5. The first-order valence-corrected chi connectivity index (χ1v) is 11.0. The summed E-state index contributed by atoms with van der Waals surface area (Å²) >= 11 is 5.96. The van der Waals surface area contributed by atoms with Crippen molar-refractivity contribution in [3.05, 3.63) is 124 Å². The van der Waals surface area contributed by atoms with Gasteiger partial charge in [-0.05, 0) is 65.6 Å². The van der Waals surface area contributed by atoms with E-state index in [-0.39, 0.29) is 5.75 Å². The van der Waals surface area contributed by atoms with E-state index in [1.165, 1.54) is 5.56 Å². The van der Waals surface area contributed by atoms with Gasteiger partial charge in [-0.3, -0.25) is 4.99 Å². The molecule has 0 bridgehead atoms. The van der Waals surface area contributed by atoms with E-state index in [9.17, 15) is 5.11 Å². The van der Waals surface area contributed by atoms with Crippen LogP contribution in [0.3, 0.4) is 0 Å². The predicted molar refractivity (Wildman–Crippen MR) is 133 cm³/mol. The summed E-state index contributed by atoms with van der Waals surface area (Å²) in [4.78, 5) is 9.16. The molecule has 0 fully saturated rings. The topological polar surface area (TPSA) is 58.6 Å². The summed E-state index contributed by atoms with van der Waals surface area (Å²) in [6, 6.07) is 29.1. The van der Waals surface area contributed by atoms with E-state index in [4.69, 9.17) is 16.0 Å². The molecule has 0 spiro atoms. The summed E-state index contributed by atoms with van der Waals surface area (Å²) in [6.45, 7) is 0. The van der Waals surface area contributed by atoms with Gasteiger partial charge in [0.2, 0.25) is 0 Å². The Kier molecular flexibility index (Phi) is 5.92. The first kappa shape index (κ1) is 21.0. The first-order valence-electron chi connectivity index (χ1n) is 10.7. The lowest BCUT2D eigenvalue weighted by atomic mass is 10.0. The van der Waals surface area contributed by atoms with Crippen molar-refractivity contribution in [1.82, 2.24) is 4.98 Å². The number of fused-ring (bicyclic) bond motifs is 1. The van der Waals surface area contributed by atoms with Crippen molar-refractivity contribution in [3.8, 4) is 5.75 Å². The molecule has 162 valence electrons. The molecule has 0 aliphatic carbocycles. The Morgan fingerprint density at radius 3 is 2.39 bits per heavy atom. The van der Waals surface area contributed by atoms with Crippen LogP contribution in [0.25, 0.3) is 11.1 Å². The van der Waals surface area contributed by atoms with E-state index in [0.717, 1.165) is 28.8 Å². The molecule has 0 saturated heterocycles. The second-order valence-electron chi connectivity index (χ2n) is 7.88. The minimum Gasteiger partial charge on any atom is -0.507 e. The fraction of sp³-hybridized carbons (Fsp3) is 0.0714. The van der Waals surface area contributed by atoms with Crippen molar-refractivity contribution in [1.29, 1.82) is 0 Å². The van der Waals surface area contributed by atoms with Gasteiger partial charge < -0.3 is 9.52 Å². The van der Waals surface area contributed by atoms with Crippen LogP contribution < -0.4 is 0 Å². The molecule has 5 rings (SSSR count). The maximum atomic E-state index is 10.3. The Morgan fingerprint density at radius 2 is 1.58 bits per heavy atom. The largest absolute Gasteiger partial charge is 0.507 e. The van der Waals surface area contributed by atoms with E-state index in [2.05, 4.69) is 22.1 Å². The lowest BCUT2D eigenvalue weighted by Crippen LogP contribution is -1.91. The van der Waals surface area contributed by atoms with Gasteiger partial charge in [0.15, 0.2) is 11.5 Å². The molecule has 1 aromatic heterocycles. The number of benzene rings is 4. The minimum atomic E-state index is 0.198. The molecule has 4 aromatic carbocycles. The van der Waals surface area contributed by atoms with E-state index in [1.807, 2.05) is 72.8 Å². The highest BCUT2D eigenvalue weighted by Crippen LogP contribution is 2.25. The summed E-state index contributed by atoms with van der Waals surface area (Å²) in [5.41, 5.74) is 6.28. The Morgan fingerprint density at radius 1 is 0.818 bits per heavy atom. The monoisotopic (exact) mass is 452 g/mol. The first-order chi connectivity index (χ1) is 16.1. The van der Waals surface area contributed by atoms with Crippen LogP contribution in [0.4, 0.5) is 5.69 Å². The van der Waals surface area contributed by atoms with Gasteiger partial charge >= 0.3 is 0 Å². The van der Waals surface area contributed by atoms with Gasteiger partial charge in [-0.1, -0.05) is 60.1 Å². The second kappa shape index (κ2) is 9.31. The molecular weight excluding hydrogens is 432 g/mol. The number of oxazole rings is 1. The van der Waals surface area contributed by atoms with E-state index >= 15 is 0 Å². The summed E-state index contributed by atoms with van der Waals surface area (Å²) in [5.74, 6) is 0.836. The Labute approximate surface area is 196 Å². The normalized spacial score (nSPS) is 11.4. The number of aromatic hydroxyl groups is 1. The van der Waals surface area contributed by atoms with Crippen LogP contribution in [0.15, 0.2) is 100 Å². The highest BCUT2D eigenvalue weighted by molar-refractivity contribution is 6.30. The molecule has 4 nitrogen and oxygen atoms in total. The molecule has 0 amide bonds. The number of hydrogen-bond donors (Lipinski definition) is 1. The Balaban J connectivity index is 1.34. The maximum absolute atomic E-state index is 10.3. The molecule has 0 aliphatic heterocycles. The summed E-state index contributed by atoms with van der Waals surface area (Å²) in [7, 11) is 0. The highest BCUT2D eigenvalue weighted by Gasteiger charge is 2.08. The zero-order valence-electron chi connectivity index (χ0n) is 17.8. The summed E-state index contributed by atoms with van der Waals surface area (Å²) < 4.78 is 5.88. The lowest BCUT2D eigenvalue weighted by Gasteiger charge is -2.05. The number of halogens is 1. The number of aromatic nitrogens is 1. The zero-order chi connectivity index (χ0) is 22.6. The third-order valence-electron chi connectivity index (χ3n) is 5.38. The summed E-state index contributed by atoms with van der Waals surface area (Å²) in [6.07, 6.45) is 3.06. The average molecular weight is 453 g/mol. The third kappa shape index (κ3) is 5.13. The fourth-order valence-corrected chi connectivity index (χ4v) is 3.82. The van der Waals surface area contributed by atoms with Crippen molar-refractivity contribution in [2.24, 2.45) is 4.99 Å². The molecule has 0 atom stereocenters. The van der Waals surface area contributed by atoms with Crippen LogP contribution in [-0.4, -0.2) is 16.3 Å². The van der Waals surface area contributed by atoms with Crippen LogP contribution >= 0.6 is 11.6 Å². The van der Waals surface area contributed by atoms with Gasteiger partial charge in [-0.15, -0.1) is 0 Å². The number of hydrogen-bond acceptors (Lipinski definition) is 4. The lowest BCUT2D eigenvalue weighted by molar-refractivity contribution is 0.474. The van der Waals surface area contributed by atoms with Gasteiger partial charge in [-0.25, -0.2) is 4.98 Å². The van der Waals surface area contributed by atoms with E-state index in [0.29, 0.717) is 28.5 Å². The zero-order valence-corrected chi connectivity index (χ0v) is 18.5. The number of rotatable bonds is 6. The molecule has 0 saturated carbocycles. The van der Waals surface area contributed by atoms with Crippen molar-refractivity contribution in [2.75, 3.05) is 0 Å². The van der Waals surface area contributed by atoms with Crippen LogP contribution in [0, 0.1) is 0 Å². The van der Waals surface area contributed by atoms with E-state index in [1.54, 1.807) is 12.3 Å². The van der Waals surface area contributed by atoms with Crippen molar-refractivity contribution >= 4 is 34.6 Å². The average Bonchev–Trinajstić information content (AvgIpc) is 3.23. The molecule has 0 radical (unpaired) electrons. The van der Waals surface area contributed by atoms with Crippen LogP contribution in [-0.2, 0) is 12.8 Å². The smallest absolute Gasteiger partial charge is 0.199 e. The molecular formula is C28H21ClN2O2. The van der Waals surface area contributed by atoms with Gasteiger partial charge in [0, 0.05) is 23.2 Å². The molecule has 1 N–H and O–H groups in total. The molecule has 33 heavy (non-hydrogen) atoms. The third-order valence-corrected chi connectivity index (χ3v) is 5.63. The molecule has 5 aromatic rings. The molecule has 5 heteroatoms. The molecule has 0 aliphatic rings. The van der Waals surface area contributed by atoms with Gasteiger partial charge in [0.25, 0.3) is 0 Å². The number of aliphatic imine (C=N–C) groups is 1. The van der Waals surface area contributed by atoms with Crippen LogP contribution in [0.2, 0.25) is 5.02 Å². The standard InChI is InChI=1S/C28H21ClN2O2/c29-23-9-6-20(7-10-23)16-28-31-25-17-24(11-13-27(25)33-28)30-18-22-15-21(8-12-26(22)32)14-19-4-2-1-3-5-19/h1-13,15,17-18,32H,14,16H2. The minimum absolute atomic E-state index is 0.198. The van der Waals surface area contributed by atoms with Gasteiger partial charge in [-0.2, -0.15) is 0 Å². The fourth-order valence-electron chi connectivity index (χ4n) is 3.69. The maximum Gasteiger partial charge on any atom is 0.199 e. The Bertz CT molecular complexity index is 1420. The quantitative estimate of drug-likeness (QED) is 0.279. The number of nitrogens with zero attached hydrogens (tertiary/aromatic N) is 2. The Hall–Kier alpha value is -3.89. The van der Waals surface area contributed by atoms with Crippen LogP contribution in [0.5, 0.6) is 5.75 Å². The molecule has 0 unspecified atom stereocenters. The van der Waals surface area contributed by atoms with Crippen LogP contribution in [0.1, 0.15) is 28.1 Å². The van der Waals surface area contributed by atoms with Gasteiger partial charge in [0.05, 0.1) is 5.69 Å². The number of phenolic OH excluding ortho intramolecular Hbond substituents is 1. The van der Waals surface area contributed by atoms with Gasteiger partial charge in [0.1, 0.15) is 11.3 Å². The predicted octanol–water partition coefficient (Wildman–Crippen LogP) is 7.12. The SMILES string of the molecule is Oc1ccc(Cc2ccccc2)cc1C=Nc1ccc2oc(Cc3ccc(Cl)cc3)nc2c1. The van der Waals surface area contributed by atoms with Crippen molar-refractivity contribution in [3.63, 3.8) is 0 Å². The number of phenols is 1. The molecule has 1 heterocycles. The van der Waals surface area contributed by atoms with Crippen molar-refractivity contribution in [2.45, 2.75) is 12.8 Å². The summed E-state index contributed by atoms with van der Waals surface area (Å²) in [5, 5.41) is 11.0. The van der Waals surface area contributed by atoms with Crippen molar-refractivity contribution < 1.29 is 9.52 Å². The second-order valence-corrected chi connectivity index (χ2v) is 8.31.